The van der Waals surface area contributed by atoms with Crippen molar-refractivity contribution in [2.24, 2.45) is 5.73 Å². The molecule has 3 rings (SSSR count). The van der Waals surface area contributed by atoms with Crippen LogP contribution in [0.4, 0.5) is 0 Å². The summed E-state index contributed by atoms with van der Waals surface area (Å²) in [6.45, 7) is 1.40. The highest BCUT2D eigenvalue weighted by molar-refractivity contribution is 7.80. The first kappa shape index (κ1) is 28.5. The molecule has 2 aromatic carbocycles. The number of carbonyl (C=O) groups excluding carboxylic acids is 3. The summed E-state index contributed by atoms with van der Waals surface area (Å²) in [6, 6.07) is 9.18. The summed E-state index contributed by atoms with van der Waals surface area (Å²) >= 11 is 4.14. The molecule has 4 atom stereocenters. The van der Waals surface area contributed by atoms with Crippen LogP contribution in [-0.4, -0.2) is 68.8 Å². The lowest BCUT2D eigenvalue weighted by molar-refractivity contribution is -0.142. The zero-order valence-electron chi connectivity index (χ0n) is 20.7. The van der Waals surface area contributed by atoms with Crippen LogP contribution in [-0.2, 0) is 32.0 Å². The minimum atomic E-state index is -1.26. The lowest BCUT2D eigenvalue weighted by Gasteiger charge is -2.22. The number of fused-ring (bicyclic) bond motifs is 1. The maximum Gasteiger partial charge on any atom is 0.326 e. The number of aromatic hydroxyl groups is 1. The molecular formula is C26H31N5O6S. The Morgan fingerprint density at radius 3 is 2.24 bits per heavy atom. The minimum Gasteiger partial charge on any atom is -0.508 e. The van der Waals surface area contributed by atoms with Gasteiger partial charge in [0, 0.05) is 29.3 Å². The standard InChI is InChI=1S/C26H31N5O6S/c1-14(23(33)30-21(26(36)37)10-15-6-8-17(32)9-7-15)29-25(35)22(13-38)31-24(34)19(27)11-16-12-28-20-5-3-2-4-18(16)20/h2-9,12,14,19,21-22,28,32,38H,10-11,13,27H2,1H3,(H,29,35)(H,30,33)(H,31,34)(H,36,37). The molecule has 8 N–H and O–H groups in total. The van der Waals surface area contributed by atoms with Crippen LogP contribution in [0.1, 0.15) is 18.1 Å². The molecular weight excluding hydrogens is 510 g/mol. The fraction of sp³-hybridized carbons (Fsp3) is 0.308. The van der Waals surface area contributed by atoms with Crippen LogP contribution < -0.4 is 21.7 Å². The SMILES string of the molecule is CC(NC(=O)C(CS)NC(=O)C(N)Cc1c[nH]c2ccccc12)C(=O)NC(Cc1ccc(O)cc1)C(=O)O. The van der Waals surface area contributed by atoms with Crippen molar-refractivity contribution in [3.63, 3.8) is 0 Å². The van der Waals surface area contributed by atoms with Gasteiger partial charge in [0.15, 0.2) is 0 Å². The molecule has 0 radical (unpaired) electrons. The Bertz CT molecular complexity index is 1290. The van der Waals surface area contributed by atoms with Gasteiger partial charge in [-0.25, -0.2) is 4.79 Å². The lowest BCUT2D eigenvalue weighted by Crippen LogP contribution is -2.57. The molecule has 38 heavy (non-hydrogen) atoms. The van der Waals surface area contributed by atoms with E-state index in [0.717, 1.165) is 16.5 Å². The Morgan fingerprint density at radius 2 is 1.58 bits per heavy atom. The first-order chi connectivity index (χ1) is 18.1. The first-order valence-corrected chi connectivity index (χ1v) is 12.6. The fourth-order valence-corrected chi connectivity index (χ4v) is 4.10. The number of hydrogen-bond acceptors (Lipinski definition) is 7. The molecule has 0 saturated heterocycles. The average molecular weight is 542 g/mol. The molecule has 0 spiro atoms. The van der Waals surface area contributed by atoms with Gasteiger partial charge in [-0.2, -0.15) is 12.6 Å². The van der Waals surface area contributed by atoms with Crippen LogP contribution in [0.15, 0.2) is 54.7 Å². The number of rotatable bonds is 12. The third kappa shape index (κ3) is 7.49. The third-order valence-corrected chi connectivity index (χ3v) is 6.38. The maximum atomic E-state index is 12.7. The van der Waals surface area contributed by atoms with Crippen LogP contribution in [0.3, 0.4) is 0 Å². The van der Waals surface area contributed by atoms with Crippen molar-refractivity contribution in [2.75, 3.05) is 5.75 Å². The van der Waals surface area contributed by atoms with Crippen molar-refractivity contribution >= 4 is 47.2 Å². The number of aromatic amines is 1. The van der Waals surface area contributed by atoms with E-state index in [-0.39, 0.29) is 24.3 Å². The van der Waals surface area contributed by atoms with Crippen molar-refractivity contribution in [1.82, 2.24) is 20.9 Å². The number of phenolic OH excluding ortho intramolecular Hbond substituents is 1. The molecule has 202 valence electrons. The highest BCUT2D eigenvalue weighted by atomic mass is 32.1. The number of carboxylic acid groups (broad SMARTS) is 1. The van der Waals surface area contributed by atoms with Gasteiger partial charge in [-0.3, -0.25) is 14.4 Å². The monoisotopic (exact) mass is 541 g/mol. The van der Waals surface area contributed by atoms with E-state index in [2.05, 4.69) is 33.6 Å². The number of H-pyrrole nitrogens is 1. The number of phenols is 1. The molecule has 3 aromatic rings. The number of aliphatic carboxylic acids is 1. The van der Waals surface area contributed by atoms with Gasteiger partial charge in [0.25, 0.3) is 0 Å². The molecule has 0 saturated carbocycles. The van der Waals surface area contributed by atoms with Crippen LogP contribution in [0.25, 0.3) is 10.9 Å². The quantitative estimate of drug-likeness (QED) is 0.153. The number of nitrogens with two attached hydrogens (primary N) is 1. The molecule has 0 aliphatic rings. The number of carbonyl (C=O) groups is 4. The van der Waals surface area contributed by atoms with Gasteiger partial charge in [0.1, 0.15) is 23.9 Å². The van der Waals surface area contributed by atoms with E-state index in [9.17, 15) is 29.4 Å². The van der Waals surface area contributed by atoms with Crippen molar-refractivity contribution < 1.29 is 29.4 Å². The van der Waals surface area contributed by atoms with Gasteiger partial charge in [-0.15, -0.1) is 0 Å². The molecule has 0 bridgehead atoms. The van der Waals surface area contributed by atoms with Gasteiger partial charge in [0.2, 0.25) is 17.7 Å². The highest BCUT2D eigenvalue weighted by Crippen LogP contribution is 2.19. The Morgan fingerprint density at radius 1 is 0.921 bits per heavy atom. The molecule has 1 heterocycles. The Balaban J connectivity index is 1.54. The Kier molecular flexibility index (Phi) is 9.74. The number of para-hydroxylation sites is 1. The van der Waals surface area contributed by atoms with E-state index < -0.39 is 47.9 Å². The van der Waals surface area contributed by atoms with Crippen molar-refractivity contribution in [2.45, 2.75) is 43.9 Å². The molecule has 3 amide bonds. The summed E-state index contributed by atoms with van der Waals surface area (Å²) in [5, 5.41) is 27.3. The van der Waals surface area contributed by atoms with Crippen LogP contribution >= 0.6 is 12.6 Å². The number of amides is 3. The third-order valence-electron chi connectivity index (χ3n) is 6.01. The van der Waals surface area contributed by atoms with Crippen molar-refractivity contribution in [3.05, 3.63) is 65.9 Å². The molecule has 12 heteroatoms. The van der Waals surface area contributed by atoms with Gasteiger partial charge < -0.3 is 36.9 Å². The lowest BCUT2D eigenvalue weighted by atomic mass is 10.0. The first-order valence-electron chi connectivity index (χ1n) is 11.9. The second-order valence-corrected chi connectivity index (χ2v) is 9.28. The second-order valence-electron chi connectivity index (χ2n) is 8.91. The Labute approximate surface area is 224 Å². The number of carboxylic acids is 1. The van der Waals surface area contributed by atoms with E-state index in [4.69, 9.17) is 5.73 Å². The fourth-order valence-electron chi connectivity index (χ4n) is 3.85. The van der Waals surface area contributed by atoms with Gasteiger partial charge in [0.05, 0.1) is 6.04 Å². The topological polar surface area (TPSA) is 187 Å². The molecule has 0 aliphatic heterocycles. The van der Waals surface area contributed by atoms with E-state index in [1.54, 1.807) is 18.3 Å². The summed E-state index contributed by atoms with van der Waals surface area (Å²) in [5.41, 5.74) is 8.46. The minimum absolute atomic E-state index is 0.0222. The summed E-state index contributed by atoms with van der Waals surface area (Å²) in [7, 11) is 0. The zero-order valence-corrected chi connectivity index (χ0v) is 21.6. The van der Waals surface area contributed by atoms with Crippen LogP contribution in [0, 0.1) is 0 Å². The predicted octanol–water partition coefficient (Wildman–Crippen LogP) is 0.475. The zero-order chi connectivity index (χ0) is 27.8. The molecule has 0 aliphatic carbocycles. The number of nitrogens with one attached hydrogen (secondary N) is 4. The highest BCUT2D eigenvalue weighted by Gasteiger charge is 2.28. The van der Waals surface area contributed by atoms with Gasteiger partial charge >= 0.3 is 5.97 Å². The van der Waals surface area contributed by atoms with E-state index >= 15 is 0 Å². The van der Waals surface area contributed by atoms with Crippen LogP contribution in [0.5, 0.6) is 5.75 Å². The maximum absolute atomic E-state index is 12.7. The molecule has 11 nitrogen and oxygen atoms in total. The summed E-state index contributed by atoms with van der Waals surface area (Å²) in [4.78, 5) is 52.8. The number of hydrogen-bond donors (Lipinski definition) is 8. The second kappa shape index (κ2) is 13.0. The summed E-state index contributed by atoms with van der Waals surface area (Å²) in [6.07, 6.45) is 2.01. The van der Waals surface area contributed by atoms with E-state index in [1.807, 2.05) is 24.3 Å². The average Bonchev–Trinajstić information content (AvgIpc) is 3.30. The van der Waals surface area contributed by atoms with E-state index in [1.165, 1.54) is 19.1 Å². The van der Waals surface area contributed by atoms with Gasteiger partial charge in [-0.05, 0) is 42.7 Å². The van der Waals surface area contributed by atoms with Crippen molar-refractivity contribution in [3.8, 4) is 5.75 Å². The molecule has 1 aromatic heterocycles. The molecule has 4 unspecified atom stereocenters. The largest absolute Gasteiger partial charge is 0.508 e. The predicted molar refractivity (Wildman–Crippen MR) is 145 cm³/mol. The number of benzene rings is 2. The number of thiol groups is 1. The smallest absolute Gasteiger partial charge is 0.326 e. The van der Waals surface area contributed by atoms with Gasteiger partial charge in [-0.1, -0.05) is 30.3 Å². The molecule has 0 fully saturated rings. The Hall–Kier alpha value is -4.03. The normalized spacial score (nSPS) is 14.2. The van der Waals surface area contributed by atoms with Crippen LogP contribution in [0.2, 0.25) is 0 Å². The summed E-state index contributed by atoms with van der Waals surface area (Å²) in [5.74, 6) is -3.21. The number of aromatic nitrogens is 1. The van der Waals surface area contributed by atoms with Crippen molar-refractivity contribution in [1.29, 1.82) is 0 Å². The summed E-state index contributed by atoms with van der Waals surface area (Å²) < 4.78 is 0. The van der Waals surface area contributed by atoms with E-state index in [0.29, 0.717) is 5.56 Å².